The molecule has 0 aliphatic carbocycles. The molecule has 0 aliphatic rings. The van der Waals surface area contributed by atoms with Gasteiger partial charge in [0.05, 0.1) is 18.2 Å². The molecule has 1 heterocycles. The monoisotopic (exact) mass is 266 g/mol. The minimum absolute atomic E-state index is 0.0915. The quantitative estimate of drug-likeness (QED) is 0.863. The zero-order chi connectivity index (χ0) is 14.2. The molecule has 1 aromatic carbocycles. The van der Waals surface area contributed by atoms with Gasteiger partial charge in [0.1, 0.15) is 0 Å². The summed E-state index contributed by atoms with van der Waals surface area (Å²) < 4.78 is 0. The summed E-state index contributed by atoms with van der Waals surface area (Å²) in [7, 11) is 0. The van der Waals surface area contributed by atoms with Gasteiger partial charge in [-0.15, -0.1) is 0 Å². The van der Waals surface area contributed by atoms with Crippen LogP contribution in [-0.2, 0) is 11.3 Å². The summed E-state index contributed by atoms with van der Waals surface area (Å²) in [5.74, 6) is -0.0915. The third-order valence-corrected chi connectivity index (χ3v) is 2.71. The number of benzene rings is 1. The van der Waals surface area contributed by atoms with Crippen LogP contribution in [-0.4, -0.2) is 17.4 Å². The van der Waals surface area contributed by atoms with Crippen LogP contribution in [0.5, 0.6) is 0 Å². The topological polar surface area (TPSA) is 77.8 Å². The average Bonchev–Trinajstić information content (AvgIpc) is 2.52. The summed E-state index contributed by atoms with van der Waals surface area (Å²) in [6.45, 7) is 0.674. The second kappa shape index (κ2) is 6.90. The molecule has 0 saturated heterocycles. The summed E-state index contributed by atoms with van der Waals surface area (Å²) >= 11 is 0. The Balaban J connectivity index is 1.76. The molecule has 0 fully saturated rings. The zero-order valence-electron chi connectivity index (χ0n) is 10.8. The maximum Gasteiger partial charge on any atom is 0.239 e. The lowest BCUT2D eigenvalue weighted by Crippen LogP contribution is -2.29. The third-order valence-electron chi connectivity index (χ3n) is 2.71. The van der Waals surface area contributed by atoms with Crippen molar-refractivity contribution in [2.75, 3.05) is 11.9 Å². The fourth-order valence-electron chi connectivity index (χ4n) is 1.61. The highest BCUT2D eigenvalue weighted by molar-refractivity contribution is 5.80. The van der Waals surface area contributed by atoms with Crippen molar-refractivity contribution in [3.63, 3.8) is 0 Å². The Morgan fingerprint density at radius 1 is 1.15 bits per heavy atom. The summed E-state index contributed by atoms with van der Waals surface area (Å²) in [4.78, 5) is 15.6. The molecule has 2 aromatic rings. The number of carbonyl (C=O) groups excluding carboxylic acids is 1. The van der Waals surface area contributed by atoms with Gasteiger partial charge < -0.3 is 10.6 Å². The fourth-order valence-corrected chi connectivity index (χ4v) is 1.61. The standard InChI is InChI=1S/C15H14N4O/c16-9-12-1-3-14(4-2-12)18-11-15(20)19-10-13-5-7-17-8-6-13/h1-8,18H,10-11H2,(H,19,20). The first-order chi connectivity index (χ1) is 9.78. The predicted octanol–water partition coefficient (Wildman–Crippen LogP) is 1.68. The van der Waals surface area contributed by atoms with Gasteiger partial charge in [0, 0.05) is 24.6 Å². The van der Waals surface area contributed by atoms with Crippen LogP contribution in [0.4, 0.5) is 5.69 Å². The van der Waals surface area contributed by atoms with Crippen molar-refractivity contribution in [2.24, 2.45) is 0 Å². The minimum atomic E-state index is -0.0915. The Labute approximate surface area is 117 Å². The molecule has 1 aromatic heterocycles. The number of nitriles is 1. The summed E-state index contributed by atoms with van der Waals surface area (Å²) in [5, 5.41) is 14.5. The van der Waals surface area contributed by atoms with E-state index in [4.69, 9.17) is 5.26 Å². The number of hydrogen-bond donors (Lipinski definition) is 2. The van der Waals surface area contributed by atoms with Crippen LogP contribution in [0, 0.1) is 11.3 Å². The highest BCUT2D eigenvalue weighted by Gasteiger charge is 2.01. The minimum Gasteiger partial charge on any atom is -0.376 e. The van der Waals surface area contributed by atoms with Crippen molar-refractivity contribution >= 4 is 11.6 Å². The number of aromatic nitrogens is 1. The van der Waals surface area contributed by atoms with E-state index in [-0.39, 0.29) is 12.5 Å². The Hall–Kier alpha value is -2.87. The van der Waals surface area contributed by atoms with Crippen molar-refractivity contribution in [3.05, 3.63) is 59.9 Å². The van der Waals surface area contributed by atoms with Crippen LogP contribution < -0.4 is 10.6 Å². The van der Waals surface area contributed by atoms with E-state index >= 15 is 0 Å². The Morgan fingerprint density at radius 3 is 2.50 bits per heavy atom. The second-order valence-electron chi connectivity index (χ2n) is 4.17. The van der Waals surface area contributed by atoms with E-state index in [2.05, 4.69) is 15.6 Å². The van der Waals surface area contributed by atoms with E-state index in [1.165, 1.54) is 0 Å². The van der Waals surface area contributed by atoms with E-state index in [1.54, 1.807) is 36.7 Å². The lowest BCUT2D eigenvalue weighted by atomic mass is 10.2. The molecule has 20 heavy (non-hydrogen) atoms. The zero-order valence-corrected chi connectivity index (χ0v) is 10.8. The Kier molecular flexibility index (Phi) is 4.68. The number of nitrogens with zero attached hydrogens (tertiary/aromatic N) is 2. The van der Waals surface area contributed by atoms with Gasteiger partial charge in [-0.3, -0.25) is 9.78 Å². The van der Waals surface area contributed by atoms with E-state index in [9.17, 15) is 4.79 Å². The SMILES string of the molecule is N#Cc1ccc(NCC(=O)NCc2ccncc2)cc1. The molecule has 100 valence electrons. The van der Waals surface area contributed by atoms with Crippen LogP contribution in [0.3, 0.4) is 0 Å². The van der Waals surface area contributed by atoms with Gasteiger partial charge in [0.15, 0.2) is 0 Å². The number of nitrogens with one attached hydrogen (secondary N) is 2. The highest BCUT2D eigenvalue weighted by atomic mass is 16.1. The first-order valence-corrected chi connectivity index (χ1v) is 6.17. The lowest BCUT2D eigenvalue weighted by molar-refractivity contribution is -0.119. The van der Waals surface area contributed by atoms with Crippen molar-refractivity contribution in [1.29, 1.82) is 5.26 Å². The van der Waals surface area contributed by atoms with Gasteiger partial charge in [-0.05, 0) is 42.0 Å². The smallest absolute Gasteiger partial charge is 0.239 e. The molecule has 2 rings (SSSR count). The van der Waals surface area contributed by atoms with E-state index in [0.29, 0.717) is 12.1 Å². The molecule has 0 bridgehead atoms. The maximum atomic E-state index is 11.7. The van der Waals surface area contributed by atoms with E-state index in [1.807, 2.05) is 18.2 Å². The number of amides is 1. The van der Waals surface area contributed by atoms with Crippen molar-refractivity contribution in [3.8, 4) is 6.07 Å². The molecule has 0 aliphatic heterocycles. The van der Waals surface area contributed by atoms with Gasteiger partial charge >= 0.3 is 0 Å². The van der Waals surface area contributed by atoms with Gasteiger partial charge in [0.2, 0.25) is 5.91 Å². The molecule has 1 amide bonds. The van der Waals surface area contributed by atoms with Crippen LogP contribution in [0.25, 0.3) is 0 Å². The second-order valence-corrected chi connectivity index (χ2v) is 4.17. The van der Waals surface area contributed by atoms with E-state index in [0.717, 1.165) is 11.3 Å². The molecule has 0 atom stereocenters. The number of carbonyl (C=O) groups is 1. The van der Waals surface area contributed by atoms with Crippen LogP contribution >= 0.6 is 0 Å². The van der Waals surface area contributed by atoms with Crippen molar-refractivity contribution < 1.29 is 4.79 Å². The molecular weight excluding hydrogens is 252 g/mol. The number of anilines is 1. The molecule has 0 spiro atoms. The van der Waals surface area contributed by atoms with Crippen molar-refractivity contribution in [2.45, 2.75) is 6.54 Å². The number of rotatable bonds is 5. The van der Waals surface area contributed by atoms with Crippen LogP contribution in [0.2, 0.25) is 0 Å². The Morgan fingerprint density at radius 2 is 1.85 bits per heavy atom. The van der Waals surface area contributed by atoms with Gasteiger partial charge in [-0.1, -0.05) is 0 Å². The highest BCUT2D eigenvalue weighted by Crippen LogP contribution is 2.07. The number of pyridine rings is 1. The normalized spacial score (nSPS) is 9.55. The first kappa shape index (κ1) is 13.6. The molecule has 5 heteroatoms. The van der Waals surface area contributed by atoms with Crippen LogP contribution in [0.15, 0.2) is 48.8 Å². The van der Waals surface area contributed by atoms with Gasteiger partial charge in [-0.2, -0.15) is 5.26 Å². The molecule has 0 saturated carbocycles. The maximum absolute atomic E-state index is 11.7. The first-order valence-electron chi connectivity index (χ1n) is 6.17. The lowest BCUT2D eigenvalue weighted by Gasteiger charge is -2.07. The molecule has 2 N–H and O–H groups in total. The van der Waals surface area contributed by atoms with E-state index < -0.39 is 0 Å². The van der Waals surface area contributed by atoms with Gasteiger partial charge in [-0.25, -0.2) is 0 Å². The largest absolute Gasteiger partial charge is 0.376 e. The number of hydrogen-bond acceptors (Lipinski definition) is 4. The van der Waals surface area contributed by atoms with Crippen LogP contribution in [0.1, 0.15) is 11.1 Å². The van der Waals surface area contributed by atoms with Crippen molar-refractivity contribution in [1.82, 2.24) is 10.3 Å². The average molecular weight is 266 g/mol. The summed E-state index contributed by atoms with van der Waals surface area (Å²) in [5.41, 5.74) is 2.41. The molecule has 0 radical (unpaired) electrons. The molecular formula is C15H14N4O. The third kappa shape index (κ3) is 4.10. The van der Waals surface area contributed by atoms with Gasteiger partial charge in [0.25, 0.3) is 0 Å². The predicted molar refractivity (Wildman–Crippen MR) is 75.7 cm³/mol. The fraction of sp³-hybridized carbons (Fsp3) is 0.133. The Bertz CT molecular complexity index is 602. The molecule has 5 nitrogen and oxygen atoms in total. The summed E-state index contributed by atoms with van der Waals surface area (Å²) in [6, 6.07) is 12.7. The summed E-state index contributed by atoms with van der Waals surface area (Å²) in [6.07, 6.45) is 3.38. The molecule has 0 unspecified atom stereocenters.